The van der Waals surface area contributed by atoms with Crippen molar-refractivity contribution in [3.63, 3.8) is 0 Å². The fraction of sp³-hybridized carbons (Fsp3) is 1.00. The van der Waals surface area contributed by atoms with Crippen LogP contribution in [0.1, 0.15) is 19.8 Å². The lowest BCUT2D eigenvalue weighted by molar-refractivity contribution is -0.0965. The monoisotopic (exact) mass is 195 g/mol. The fourth-order valence-electron chi connectivity index (χ4n) is 1.25. The Labute approximate surface area is 80.0 Å². The predicted octanol–water partition coefficient (Wildman–Crippen LogP) is 0.953. The number of nitrogens with two attached hydrogens (primary N) is 1. The van der Waals surface area contributed by atoms with Gasteiger partial charge in [0.25, 0.3) is 0 Å². The molecule has 2 N–H and O–H groups in total. The first-order chi connectivity index (χ1) is 5.27. The van der Waals surface area contributed by atoms with Crippen LogP contribution in [0, 0.1) is 0 Å². The summed E-state index contributed by atoms with van der Waals surface area (Å²) >= 11 is 0. The van der Waals surface area contributed by atoms with Crippen LogP contribution >= 0.6 is 12.4 Å². The molecule has 0 aromatic carbocycles. The lowest BCUT2D eigenvalue weighted by atomic mass is 9.97. The van der Waals surface area contributed by atoms with E-state index in [1.807, 2.05) is 0 Å². The lowest BCUT2D eigenvalue weighted by Crippen LogP contribution is -2.37. The molecule has 0 atom stereocenters. The predicted molar refractivity (Wildman–Crippen MR) is 50.7 cm³/mol. The smallest absolute Gasteiger partial charge is 0.0699 e. The Morgan fingerprint density at radius 2 is 2.00 bits per heavy atom. The SMILES string of the molecule is CC1(OCCN)CCOCC1.Cl. The van der Waals surface area contributed by atoms with Crippen molar-refractivity contribution in [2.45, 2.75) is 25.4 Å². The van der Waals surface area contributed by atoms with Crippen LogP contribution in [0.3, 0.4) is 0 Å². The Kier molecular flexibility index (Phi) is 5.84. The van der Waals surface area contributed by atoms with Gasteiger partial charge in [0.1, 0.15) is 0 Å². The van der Waals surface area contributed by atoms with Gasteiger partial charge in [0.2, 0.25) is 0 Å². The van der Waals surface area contributed by atoms with Crippen molar-refractivity contribution in [1.82, 2.24) is 0 Å². The second-order valence-corrected chi connectivity index (χ2v) is 3.20. The maximum atomic E-state index is 5.61. The molecule has 1 heterocycles. The van der Waals surface area contributed by atoms with Crippen molar-refractivity contribution in [3.05, 3.63) is 0 Å². The van der Waals surface area contributed by atoms with Crippen LogP contribution in [0.2, 0.25) is 0 Å². The lowest BCUT2D eigenvalue weighted by Gasteiger charge is -2.33. The van der Waals surface area contributed by atoms with Gasteiger partial charge in [0.05, 0.1) is 12.2 Å². The van der Waals surface area contributed by atoms with Gasteiger partial charge < -0.3 is 15.2 Å². The minimum absolute atomic E-state index is 0. The molecule has 0 aromatic heterocycles. The van der Waals surface area contributed by atoms with E-state index in [0.717, 1.165) is 26.1 Å². The zero-order valence-corrected chi connectivity index (χ0v) is 8.36. The highest BCUT2D eigenvalue weighted by Gasteiger charge is 2.27. The summed E-state index contributed by atoms with van der Waals surface area (Å²) in [4.78, 5) is 0. The number of ether oxygens (including phenoxy) is 2. The molecule has 0 amide bonds. The largest absolute Gasteiger partial charge is 0.381 e. The highest BCUT2D eigenvalue weighted by molar-refractivity contribution is 5.85. The first-order valence-electron chi connectivity index (χ1n) is 4.19. The molecule has 0 aromatic rings. The Balaban J connectivity index is 0.00000121. The van der Waals surface area contributed by atoms with Crippen molar-refractivity contribution < 1.29 is 9.47 Å². The minimum Gasteiger partial charge on any atom is -0.381 e. The van der Waals surface area contributed by atoms with E-state index in [1.165, 1.54) is 0 Å². The number of hydrogen-bond acceptors (Lipinski definition) is 3. The molecular weight excluding hydrogens is 178 g/mol. The van der Waals surface area contributed by atoms with Gasteiger partial charge in [0.15, 0.2) is 0 Å². The zero-order chi connectivity index (χ0) is 8.16. The van der Waals surface area contributed by atoms with Crippen LogP contribution in [0.25, 0.3) is 0 Å². The molecule has 3 nitrogen and oxygen atoms in total. The second kappa shape index (κ2) is 5.75. The van der Waals surface area contributed by atoms with Crippen molar-refractivity contribution >= 4 is 12.4 Å². The van der Waals surface area contributed by atoms with Crippen LogP contribution < -0.4 is 5.73 Å². The first-order valence-corrected chi connectivity index (χ1v) is 4.19. The summed E-state index contributed by atoms with van der Waals surface area (Å²) < 4.78 is 10.8. The first kappa shape index (κ1) is 12.2. The zero-order valence-electron chi connectivity index (χ0n) is 7.54. The summed E-state index contributed by atoms with van der Waals surface area (Å²) in [5, 5.41) is 0. The molecule has 74 valence electrons. The molecule has 0 spiro atoms. The third-order valence-electron chi connectivity index (χ3n) is 2.12. The Hall–Kier alpha value is 0.170. The average Bonchev–Trinajstić information content (AvgIpc) is 2.03. The van der Waals surface area contributed by atoms with Crippen LogP contribution in [0.15, 0.2) is 0 Å². The van der Waals surface area contributed by atoms with E-state index in [4.69, 9.17) is 15.2 Å². The van der Waals surface area contributed by atoms with Crippen LogP contribution in [0.5, 0.6) is 0 Å². The van der Waals surface area contributed by atoms with Gasteiger partial charge in [0, 0.05) is 19.8 Å². The van der Waals surface area contributed by atoms with Gasteiger partial charge in [-0.2, -0.15) is 0 Å². The maximum absolute atomic E-state index is 5.61. The van der Waals surface area contributed by atoms with E-state index in [0.29, 0.717) is 13.2 Å². The summed E-state index contributed by atoms with van der Waals surface area (Å²) in [5.41, 5.74) is 5.37. The Bertz CT molecular complexity index is 116. The van der Waals surface area contributed by atoms with Gasteiger partial charge in [-0.1, -0.05) is 0 Å². The van der Waals surface area contributed by atoms with E-state index in [1.54, 1.807) is 0 Å². The molecule has 1 saturated heterocycles. The van der Waals surface area contributed by atoms with E-state index in [-0.39, 0.29) is 18.0 Å². The third-order valence-corrected chi connectivity index (χ3v) is 2.12. The van der Waals surface area contributed by atoms with Crippen LogP contribution in [-0.2, 0) is 9.47 Å². The highest BCUT2D eigenvalue weighted by atomic mass is 35.5. The average molecular weight is 196 g/mol. The molecule has 1 rings (SSSR count). The van der Waals surface area contributed by atoms with Crippen molar-refractivity contribution in [3.8, 4) is 0 Å². The van der Waals surface area contributed by atoms with Crippen LogP contribution in [0.4, 0.5) is 0 Å². The van der Waals surface area contributed by atoms with Gasteiger partial charge in [-0.25, -0.2) is 0 Å². The van der Waals surface area contributed by atoms with Gasteiger partial charge in [-0.15, -0.1) is 12.4 Å². The molecule has 0 bridgehead atoms. The summed E-state index contributed by atoms with van der Waals surface area (Å²) in [7, 11) is 0. The molecule has 4 heteroatoms. The summed E-state index contributed by atoms with van der Waals surface area (Å²) in [6, 6.07) is 0. The van der Waals surface area contributed by atoms with E-state index in [9.17, 15) is 0 Å². The van der Waals surface area contributed by atoms with Crippen molar-refractivity contribution in [2.75, 3.05) is 26.4 Å². The van der Waals surface area contributed by atoms with E-state index >= 15 is 0 Å². The number of halogens is 1. The van der Waals surface area contributed by atoms with Gasteiger partial charge in [-0.3, -0.25) is 0 Å². The molecule has 1 fully saturated rings. The van der Waals surface area contributed by atoms with Gasteiger partial charge >= 0.3 is 0 Å². The second-order valence-electron chi connectivity index (χ2n) is 3.20. The van der Waals surface area contributed by atoms with Crippen molar-refractivity contribution in [2.24, 2.45) is 5.73 Å². The third kappa shape index (κ3) is 3.72. The molecular formula is C8H18ClNO2. The molecule has 1 aliphatic heterocycles. The summed E-state index contributed by atoms with van der Waals surface area (Å²) in [5.74, 6) is 0. The van der Waals surface area contributed by atoms with Gasteiger partial charge in [-0.05, 0) is 19.8 Å². The number of hydrogen-bond donors (Lipinski definition) is 1. The summed E-state index contributed by atoms with van der Waals surface area (Å²) in [6.07, 6.45) is 1.99. The number of rotatable bonds is 3. The summed E-state index contributed by atoms with van der Waals surface area (Å²) in [6.45, 7) is 5.04. The van der Waals surface area contributed by atoms with E-state index < -0.39 is 0 Å². The topological polar surface area (TPSA) is 44.5 Å². The molecule has 0 aliphatic carbocycles. The molecule has 1 aliphatic rings. The normalized spacial score (nSPS) is 21.5. The fourth-order valence-corrected chi connectivity index (χ4v) is 1.25. The van der Waals surface area contributed by atoms with E-state index in [2.05, 4.69) is 6.92 Å². The standard InChI is InChI=1S/C8H17NO2.ClH/c1-8(11-7-4-9)2-5-10-6-3-8;/h2-7,9H2,1H3;1H. The highest BCUT2D eigenvalue weighted by Crippen LogP contribution is 2.23. The molecule has 0 radical (unpaired) electrons. The van der Waals surface area contributed by atoms with Crippen LogP contribution in [-0.4, -0.2) is 32.0 Å². The van der Waals surface area contributed by atoms with Crippen molar-refractivity contribution in [1.29, 1.82) is 0 Å². The Morgan fingerprint density at radius 1 is 1.42 bits per heavy atom. The molecule has 12 heavy (non-hydrogen) atoms. The quantitative estimate of drug-likeness (QED) is 0.730. The molecule has 0 saturated carbocycles. The maximum Gasteiger partial charge on any atom is 0.0699 e. The minimum atomic E-state index is 0. The Morgan fingerprint density at radius 3 is 2.50 bits per heavy atom. The molecule has 0 unspecified atom stereocenters.